The number of aromatic nitrogens is 1. The number of aryl methyl sites for hydroxylation is 1. The summed E-state index contributed by atoms with van der Waals surface area (Å²) in [6.07, 6.45) is 1.74. The van der Waals surface area contributed by atoms with E-state index >= 15 is 0 Å². The standard InChI is InChI=1S/C40H31BrN4O4S/c1-2-44-34-14-7-6-13-31(34)32-21-25(15-20-35(32)44)22-33(43-38(47)26-9-4-3-5-10-26)39(48)42-28-11-8-12-30(23-28)50-36-24-37(46)45(40(36)49)29-18-16-27(41)17-19-29/h3-23,36H,2,24H2,1H3,(H,42,48)(H,43,47). The van der Waals surface area contributed by atoms with E-state index in [-0.39, 0.29) is 23.9 Å². The van der Waals surface area contributed by atoms with E-state index in [0.717, 1.165) is 38.4 Å². The third kappa shape index (κ3) is 6.72. The van der Waals surface area contributed by atoms with Gasteiger partial charge < -0.3 is 15.2 Å². The van der Waals surface area contributed by atoms with Gasteiger partial charge in [-0.25, -0.2) is 4.90 Å². The number of thioether (sulfide) groups is 1. The maximum absolute atomic E-state index is 13.9. The van der Waals surface area contributed by atoms with Gasteiger partial charge in [0.15, 0.2) is 0 Å². The highest BCUT2D eigenvalue weighted by Gasteiger charge is 2.40. The van der Waals surface area contributed by atoms with Gasteiger partial charge >= 0.3 is 0 Å². The van der Waals surface area contributed by atoms with Crippen LogP contribution in [0.15, 0.2) is 136 Å². The molecule has 10 heteroatoms. The Morgan fingerprint density at radius 1 is 0.840 bits per heavy atom. The fourth-order valence-electron chi connectivity index (χ4n) is 6.18. The lowest BCUT2D eigenvalue weighted by atomic mass is 10.1. The fourth-order valence-corrected chi connectivity index (χ4v) is 7.56. The average molecular weight is 744 g/mol. The predicted molar refractivity (Wildman–Crippen MR) is 203 cm³/mol. The summed E-state index contributed by atoms with van der Waals surface area (Å²) in [5.41, 5.74) is 4.45. The Morgan fingerprint density at radius 2 is 1.58 bits per heavy atom. The molecule has 1 unspecified atom stereocenters. The molecule has 0 spiro atoms. The second-order valence-corrected chi connectivity index (χ2v) is 13.9. The molecular formula is C40H31BrN4O4S. The highest BCUT2D eigenvalue weighted by Crippen LogP contribution is 2.35. The quantitative estimate of drug-likeness (QED) is 0.115. The predicted octanol–water partition coefficient (Wildman–Crippen LogP) is 8.41. The van der Waals surface area contributed by atoms with Crippen molar-refractivity contribution in [1.29, 1.82) is 0 Å². The van der Waals surface area contributed by atoms with Gasteiger partial charge in [0.1, 0.15) is 5.70 Å². The Hall–Kier alpha value is -5.45. The number of carbonyl (C=O) groups excluding carboxylic acids is 4. The van der Waals surface area contributed by atoms with Crippen molar-refractivity contribution in [2.75, 3.05) is 10.2 Å². The molecule has 0 radical (unpaired) electrons. The number of nitrogens with one attached hydrogen (secondary N) is 2. The number of carbonyl (C=O) groups is 4. The lowest BCUT2D eigenvalue weighted by Crippen LogP contribution is -2.31. The molecule has 248 valence electrons. The number of para-hydroxylation sites is 1. The van der Waals surface area contributed by atoms with Crippen LogP contribution in [-0.2, 0) is 20.9 Å². The number of hydrogen-bond acceptors (Lipinski definition) is 5. The molecule has 0 saturated carbocycles. The zero-order valence-corrected chi connectivity index (χ0v) is 29.3. The van der Waals surface area contributed by atoms with Gasteiger partial charge in [-0.2, -0.15) is 0 Å². The Balaban J connectivity index is 1.15. The van der Waals surface area contributed by atoms with Crippen molar-refractivity contribution in [3.05, 3.63) is 143 Å². The normalized spacial score (nSPS) is 14.8. The summed E-state index contributed by atoms with van der Waals surface area (Å²) in [6, 6.07) is 37.1. The Kier molecular flexibility index (Phi) is 9.38. The van der Waals surface area contributed by atoms with Crippen LogP contribution in [0.4, 0.5) is 11.4 Å². The number of imide groups is 1. The highest BCUT2D eigenvalue weighted by atomic mass is 79.9. The molecule has 6 aromatic rings. The van der Waals surface area contributed by atoms with E-state index in [0.29, 0.717) is 21.8 Å². The van der Waals surface area contributed by atoms with Gasteiger partial charge in [-0.3, -0.25) is 19.2 Å². The highest BCUT2D eigenvalue weighted by molar-refractivity contribution is 9.10. The van der Waals surface area contributed by atoms with Crippen molar-refractivity contribution >= 4 is 90.6 Å². The molecule has 1 aromatic heterocycles. The zero-order chi connectivity index (χ0) is 34.8. The van der Waals surface area contributed by atoms with E-state index in [4.69, 9.17) is 0 Å². The van der Waals surface area contributed by atoms with Crippen LogP contribution >= 0.6 is 27.7 Å². The first-order valence-corrected chi connectivity index (χ1v) is 17.8. The maximum Gasteiger partial charge on any atom is 0.272 e. The number of benzene rings is 5. The monoisotopic (exact) mass is 742 g/mol. The third-order valence-corrected chi connectivity index (χ3v) is 10.2. The van der Waals surface area contributed by atoms with Gasteiger partial charge in [0.25, 0.3) is 11.8 Å². The zero-order valence-electron chi connectivity index (χ0n) is 26.9. The van der Waals surface area contributed by atoms with Crippen LogP contribution in [-0.4, -0.2) is 33.4 Å². The summed E-state index contributed by atoms with van der Waals surface area (Å²) < 4.78 is 3.10. The number of anilines is 2. The van der Waals surface area contributed by atoms with Crippen LogP contribution in [0.3, 0.4) is 0 Å². The topological polar surface area (TPSA) is 101 Å². The molecule has 1 aliphatic rings. The molecule has 1 fully saturated rings. The molecule has 1 atom stereocenters. The van der Waals surface area contributed by atoms with Gasteiger partial charge in [-0.15, -0.1) is 11.8 Å². The number of amides is 4. The second kappa shape index (κ2) is 14.2. The summed E-state index contributed by atoms with van der Waals surface area (Å²) in [5.74, 6) is -1.48. The lowest BCUT2D eigenvalue weighted by molar-refractivity contribution is -0.121. The van der Waals surface area contributed by atoms with Crippen molar-refractivity contribution in [1.82, 2.24) is 9.88 Å². The Morgan fingerprint density at radius 3 is 2.36 bits per heavy atom. The van der Waals surface area contributed by atoms with Crippen LogP contribution in [0, 0.1) is 0 Å². The molecule has 1 aliphatic heterocycles. The SMILES string of the molecule is CCn1c2ccccc2c2cc(C=C(NC(=O)c3ccccc3)C(=O)Nc3cccc(SC4CC(=O)N(c5ccc(Br)cc5)C4=O)c3)ccc21. The van der Waals surface area contributed by atoms with Crippen molar-refractivity contribution in [2.24, 2.45) is 0 Å². The van der Waals surface area contributed by atoms with Gasteiger partial charge in [0.2, 0.25) is 11.8 Å². The number of nitrogens with zero attached hydrogens (tertiary/aromatic N) is 2. The minimum Gasteiger partial charge on any atom is -0.341 e. The first-order valence-electron chi connectivity index (χ1n) is 16.1. The van der Waals surface area contributed by atoms with Crippen LogP contribution in [0.5, 0.6) is 0 Å². The fraction of sp³-hybridized carbons (Fsp3) is 0.100. The van der Waals surface area contributed by atoms with E-state index in [2.05, 4.69) is 50.2 Å². The molecule has 0 aliphatic carbocycles. The maximum atomic E-state index is 13.9. The molecule has 2 N–H and O–H groups in total. The van der Waals surface area contributed by atoms with Gasteiger partial charge in [-0.1, -0.05) is 64.5 Å². The summed E-state index contributed by atoms with van der Waals surface area (Å²) in [4.78, 5) is 55.2. The van der Waals surface area contributed by atoms with Crippen molar-refractivity contribution < 1.29 is 19.2 Å². The number of rotatable bonds is 9. The smallest absolute Gasteiger partial charge is 0.272 e. The minimum absolute atomic E-state index is 0.0653. The van der Waals surface area contributed by atoms with Gasteiger partial charge in [-0.05, 0) is 91.4 Å². The van der Waals surface area contributed by atoms with Crippen molar-refractivity contribution in [3.63, 3.8) is 0 Å². The molecule has 4 amide bonds. The number of hydrogen-bond donors (Lipinski definition) is 2. The van der Waals surface area contributed by atoms with Crippen LogP contribution in [0.2, 0.25) is 0 Å². The van der Waals surface area contributed by atoms with E-state index in [1.54, 1.807) is 72.8 Å². The van der Waals surface area contributed by atoms with Crippen molar-refractivity contribution in [2.45, 2.75) is 30.0 Å². The molecule has 50 heavy (non-hydrogen) atoms. The second-order valence-electron chi connectivity index (χ2n) is 11.8. The first-order chi connectivity index (χ1) is 24.3. The van der Waals surface area contributed by atoms with Crippen molar-refractivity contribution in [3.8, 4) is 0 Å². The average Bonchev–Trinajstić information content (AvgIpc) is 3.60. The van der Waals surface area contributed by atoms with E-state index in [1.165, 1.54) is 16.7 Å². The van der Waals surface area contributed by atoms with Crippen LogP contribution in [0.1, 0.15) is 29.3 Å². The van der Waals surface area contributed by atoms with E-state index in [1.807, 2.05) is 42.5 Å². The molecule has 2 heterocycles. The Bertz CT molecular complexity index is 2320. The van der Waals surface area contributed by atoms with Crippen LogP contribution < -0.4 is 15.5 Å². The minimum atomic E-state index is -0.605. The summed E-state index contributed by atoms with van der Waals surface area (Å²) >= 11 is 4.66. The number of halogens is 1. The first kappa shape index (κ1) is 33.1. The summed E-state index contributed by atoms with van der Waals surface area (Å²) in [7, 11) is 0. The summed E-state index contributed by atoms with van der Waals surface area (Å²) in [6.45, 7) is 2.92. The lowest BCUT2D eigenvalue weighted by Gasteiger charge is -2.15. The number of fused-ring (bicyclic) bond motifs is 3. The molecule has 0 bridgehead atoms. The van der Waals surface area contributed by atoms with Gasteiger partial charge in [0.05, 0.1) is 10.9 Å². The van der Waals surface area contributed by atoms with E-state index in [9.17, 15) is 19.2 Å². The largest absolute Gasteiger partial charge is 0.341 e. The molecule has 7 rings (SSSR count). The summed E-state index contributed by atoms with van der Waals surface area (Å²) in [5, 5.41) is 7.29. The van der Waals surface area contributed by atoms with Crippen LogP contribution in [0.25, 0.3) is 27.9 Å². The van der Waals surface area contributed by atoms with Gasteiger partial charge in [0, 0.05) is 55.4 Å². The third-order valence-electron chi connectivity index (χ3n) is 8.51. The molecule has 8 nitrogen and oxygen atoms in total. The Labute approximate surface area is 301 Å². The molecule has 5 aromatic carbocycles. The van der Waals surface area contributed by atoms with E-state index < -0.39 is 17.1 Å². The molecule has 1 saturated heterocycles. The molecular weight excluding hydrogens is 712 g/mol.